The molecular weight excluding hydrogens is 276 g/mol. The molecule has 2 heterocycles. The van der Waals surface area contributed by atoms with Crippen LogP contribution >= 0.6 is 11.3 Å². The third kappa shape index (κ3) is 2.14. The van der Waals surface area contributed by atoms with E-state index in [0.717, 1.165) is 24.8 Å². The minimum Gasteiger partial charge on any atom is -0.460 e. The molecule has 0 radical (unpaired) electrons. The number of hydrogen-bond acceptors (Lipinski definition) is 5. The molecule has 1 aliphatic carbocycles. The largest absolute Gasteiger partial charge is 0.460 e. The molecule has 0 unspecified atom stereocenters. The van der Waals surface area contributed by atoms with Crippen molar-refractivity contribution in [3.63, 3.8) is 0 Å². The number of nitrogens with one attached hydrogen (secondary N) is 1. The van der Waals surface area contributed by atoms with E-state index in [2.05, 4.69) is 16.9 Å². The lowest BCUT2D eigenvalue weighted by Crippen LogP contribution is -2.18. The quantitative estimate of drug-likeness (QED) is 0.862. The van der Waals surface area contributed by atoms with Crippen molar-refractivity contribution in [1.82, 2.24) is 9.97 Å². The van der Waals surface area contributed by atoms with Gasteiger partial charge < -0.3 is 9.72 Å². The van der Waals surface area contributed by atoms with Gasteiger partial charge in [-0.2, -0.15) is 0 Å². The molecule has 0 saturated heterocycles. The van der Waals surface area contributed by atoms with Gasteiger partial charge in [-0.3, -0.25) is 4.79 Å². The Kier molecular flexibility index (Phi) is 3.33. The van der Waals surface area contributed by atoms with E-state index in [9.17, 15) is 9.59 Å². The molecule has 0 spiro atoms. The lowest BCUT2D eigenvalue weighted by Gasteiger charge is -2.17. The highest BCUT2D eigenvalue weighted by atomic mass is 32.1. The number of aryl methyl sites for hydroxylation is 1. The van der Waals surface area contributed by atoms with Gasteiger partial charge in [-0.25, -0.2) is 9.78 Å². The van der Waals surface area contributed by atoms with Crippen LogP contribution in [-0.4, -0.2) is 22.5 Å². The second-order valence-electron chi connectivity index (χ2n) is 5.17. The average molecular weight is 292 g/mol. The molecule has 3 rings (SSSR count). The van der Waals surface area contributed by atoms with Crippen LogP contribution in [0.1, 0.15) is 41.3 Å². The Balaban J connectivity index is 2.14. The van der Waals surface area contributed by atoms with Crippen molar-refractivity contribution < 1.29 is 9.53 Å². The van der Waals surface area contributed by atoms with Gasteiger partial charge in [0.25, 0.3) is 5.56 Å². The Labute approximate surface area is 120 Å². The van der Waals surface area contributed by atoms with Crippen molar-refractivity contribution in [3.05, 3.63) is 26.6 Å². The Hall–Kier alpha value is -1.69. The normalized spacial score (nSPS) is 18.0. The molecule has 2 aromatic rings. The van der Waals surface area contributed by atoms with Gasteiger partial charge in [0.15, 0.2) is 0 Å². The van der Waals surface area contributed by atoms with Crippen LogP contribution in [0.25, 0.3) is 10.2 Å². The number of nitrogens with zero attached hydrogens (tertiary/aromatic N) is 1. The number of thiophene rings is 1. The van der Waals surface area contributed by atoms with Crippen LogP contribution in [0.2, 0.25) is 0 Å². The van der Waals surface area contributed by atoms with Crippen molar-refractivity contribution >= 4 is 27.5 Å². The fourth-order valence-electron chi connectivity index (χ4n) is 2.64. The minimum absolute atomic E-state index is 0.00371. The first-order valence-corrected chi connectivity index (χ1v) is 7.63. The topological polar surface area (TPSA) is 72.0 Å². The third-order valence-corrected chi connectivity index (χ3v) is 4.78. The maximum absolute atomic E-state index is 12.2. The maximum atomic E-state index is 12.2. The summed E-state index contributed by atoms with van der Waals surface area (Å²) in [5.74, 6) is 0.0569. The van der Waals surface area contributed by atoms with E-state index in [4.69, 9.17) is 4.74 Å². The minimum atomic E-state index is -0.578. The average Bonchev–Trinajstić information content (AvgIpc) is 2.76. The number of carbonyl (C=O) groups excluding carboxylic acids is 1. The number of aromatic nitrogens is 2. The van der Waals surface area contributed by atoms with Crippen LogP contribution in [0.3, 0.4) is 0 Å². The molecule has 0 aliphatic heterocycles. The second-order valence-corrected chi connectivity index (χ2v) is 6.25. The van der Waals surface area contributed by atoms with E-state index in [1.807, 2.05) is 0 Å². The molecular formula is C14H16N2O3S. The summed E-state index contributed by atoms with van der Waals surface area (Å²) in [5, 5.41) is 0.657. The monoisotopic (exact) mass is 292 g/mol. The Bertz CT molecular complexity index is 732. The summed E-state index contributed by atoms with van der Waals surface area (Å²) >= 11 is 1.53. The first-order chi connectivity index (χ1) is 9.60. The van der Waals surface area contributed by atoms with Crippen molar-refractivity contribution in [1.29, 1.82) is 0 Å². The van der Waals surface area contributed by atoms with Crippen LogP contribution in [0.4, 0.5) is 0 Å². The maximum Gasteiger partial charge on any atom is 0.374 e. The molecule has 2 aromatic heterocycles. The van der Waals surface area contributed by atoms with Crippen molar-refractivity contribution in [2.45, 2.75) is 33.1 Å². The van der Waals surface area contributed by atoms with Crippen LogP contribution in [0.15, 0.2) is 4.79 Å². The third-order valence-electron chi connectivity index (χ3n) is 3.63. The van der Waals surface area contributed by atoms with Gasteiger partial charge in [0.2, 0.25) is 5.82 Å². The van der Waals surface area contributed by atoms with E-state index in [1.165, 1.54) is 16.2 Å². The summed E-state index contributed by atoms with van der Waals surface area (Å²) in [5.41, 5.74) is 0.886. The first-order valence-electron chi connectivity index (χ1n) is 6.81. The molecule has 0 fully saturated rings. The van der Waals surface area contributed by atoms with Crippen LogP contribution in [0.5, 0.6) is 0 Å². The number of fused-ring (bicyclic) bond motifs is 3. The van der Waals surface area contributed by atoms with E-state index in [1.54, 1.807) is 6.92 Å². The number of carbonyl (C=O) groups is 1. The molecule has 5 nitrogen and oxygen atoms in total. The predicted octanol–water partition coefficient (Wildman–Crippen LogP) is 2.29. The zero-order chi connectivity index (χ0) is 14.3. The fourth-order valence-corrected chi connectivity index (χ4v) is 4.03. The highest BCUT2D eigenvalue weighted by Gasteiger charge is 2.24. The summed E-state index contributed by atoms with van der Waals surface area (Å²) in [6, 6.07) is 0. The summed E-state index contributed by atoms with van der Waals surface area (Å²) in [6.07, 6.45) is 3.00. The van der Waals surface area contributed by atoms with Gasteiger partial charge >= 0.3 is 5.97 Å². The van der Waals surface area contributed by atoms with E-state index in [-0.39, 0.29) is 18.0 Å². The molecule has 1 N–H and O–H groups in total. The summed E-state index contributed by atoms with van der Waals surface area (Å²) in [4.78, 5) is 32.6. The highest BCUT2D eigenvalue weighted by Crippen LogP contribution is 2.35. The summed E-state index contributed by atoms with van der Waals surface area (Å²) in [7, 11) is 0. The first kappa shape index (κ1) is 13.3. The molecule has 0 bridgehead atoms. The van der Waals surface area contributed by atoms with Crippen molar-refractivity contribution in [2.75, 3.05) is 6.61 Å². The predicted molar refractivity (Wildman–Crippen MR) is 77.4 cm³/mol. The van der Waals surface area contributed by atoms with Crippen LogP contribution < -0.4 is 5.56 Å². The number of ether oxygens (including phenoxy) is 1. The van der Waals surface area contributed by atoms with Crippen LogP contribution in [-0.2, 0) is 17.6 Å². The number of H-pyrrole nitrogens is 1. The smallest absolute Gasteiger partial charge is 0.374 e. The SMILES string of the molecule is CCOC(=O)c1nc2sc3c(c2c(=O)[nH]1)CC[C@H](C)C3. The Morgan fingerprint density at radius 1 is 1.55 bits per heavy atom. The van der Waals surface area contributed by atoms with Gasteiger partial charge in [0.05, 0.1) is 12.0 Å². The van der Waals surface area contributed by atoms with E-state index >= 15 is 0 Å². The molecule has 6 heteroatoms. The molecule has 1 aliphatic rings. The summed E-state index contributed by atoms with van der Waals surface area (Å²) < 4.78 is 4.88. The Morgan fingerprint density at radius 3 is 3.10 bits per heavy atom. The number of rotatable bonds is 2. The molecule has 0 aromatic carbocycles. The molecule has 0 amide bonds. The van der Waals surface area contributed by atoms with Crippen LogP contribution in [0, 0.1) is 5.92 Å². The lowest BCUT2D eigenvalue weighted by atomic mass is 9.89. The van der Waals surface area contributed by atoms with Crippen molar-refractivity contribution in [2.24, 2.45) is 5.92 Å². The van der Waals surface area contributed by atoms with Gasteiger partial charge in [0, 0.05) is 4.88 Å². The standard InChI is InChI=1S/C14H16N2O3S/c1-3-19-14(18)11-15-12(17)10-8-5-4-7(2)6-9(8)20-13(10)16-11/h7H,3-6H2,1-2H3,(H,15,16,17)/t7-/m0/s1. The second kappa shape index (κ2) is 5.01. The number of esters is 1. The molecule has 0 saturated carbocycles. The van der Waals surface area contributed by atoms with Crippen molar-refractivity contribution in [3.8, 4) is 0 Å². The van der Waals surface area contributed by atoms with Gasteiger partial charge in [-0.05, 0) is 37.7 Å². The highest BCUT2D eigenvalue weighted by molar-refractivity contribution is 7.18. The van der Waals surface area contributed by atoms with E-state index < -0.39 is 5.97 Å². The molecule has 20 heavy (non-hydrogen) atoms. The summed E-state index contributed by atoms with van der Waals surface area (Å²) in [6.45, 7) is 4.20. The van der Waals surface area contributed by atoms with Gasteiger partial charge in [-0.15, -0.1) is 11.3 Å². The van der Waals surface area contributed by atoms with Gasteiger partial charge in [-0.1, -0.05) is 6.92 Å². The molecule has 1 atom stereocenters. The van der Waals surface area contributed by atoms with E-state index in [0.29, 0.717) is 16.1 Å². The molecule has 106 valence electrons. The lowest BCUT2D eigenvalue weighted by molar-refractivity contribution is 0.0512. The zero-order valence-corrected chi connectivity index (χ0v) is 12.3. The number of aromatic amines is 1. The van der Waals surface area contributed by atoms with Gasteiger partial charge in [0.1, 0.15) is 4.83 Å². The zero-order valence-electron chi connectivity index (χ0n) is 11.5. The Morgan fingerprint density at radius 2 is 2.35 bits per heavy atom. The number of hydrogen-bond donors (Lipinski definition) is 1. The fraction of sp³-hybridized carbons (Fsp3) is 0.500.